The highest BCUT2D eigenvalue weighted by Crippen LogP contribution is 2.41. The lowest BCUT2D eigenvalue weighted by molar-refractivity contribution is -0.142. The van der Waals surface area contributed by atoms with E-state index in [9.17, 15) is 19.2 Å². The number of rotatable bonds is 10. The average molecular weight is 513 g/mol. The molecule has 2 aliphatic heterocycles. The van der Waals surface area contributed by atoms with Crippen molar-refractivity contribution in [2.24, 2.45) is 23.7 Å². The van der Waals surface area contributed by atoms with E-state index in [1.807, 2.05) is 36.4 Å². The topological polar surface area (TPSA) is 74.8 Å². The van der Waals surface area contributed by atoms with Crippen LogP contribution in [0.2, 0.25) is 0 Å². The van der Waals surface area contributed by atoms with Gasteiger partial charge >= 0.3 is 0 Å². The van der Waals surface area contributed by atoms with E-state index in [2.05, 4.69) is 25.3 Å². The summed E-state index contributed by atoms with van der Waals surface area (Å²) in [5, 5.41) is 0. The van der Waals surface area contributed by atoms with Crippen LogP contribution in [0.25, 0.3) is 0 Å². The van der Waals surface area contributed by atoms with Crippen molar-refractivity contribution in [2.75, 3.05) is 0 Å². The van der Waals surface area contributed by atoms with Gasteiger partial charge in [0.1, 0.15) is 0 Å². The monoisotopic (exact) mass is 512 g/mol. The van der Waals surface area contributed by atoms with Crippen LogP contribution in [0.1, 0.15) is 62.5 Å². The zero-order chi connectivity index (χ0) is 26.8. The zero-order valence-electron chi connectivity index (χ0n) is 21.9. The molecule has 5 rings (SSSR count). The van der Waals surface area contributed by atoms with Gasteiger partial charge in [-0.3, -0.25) is 29.0 Å². The molecule has 2 fully saturated rings. The van der Waals surface area contributed by atoms with Gasteiger partial charge in [-0.25, -0.2) is 0 Å². The number of hydrogen-bond acceptors (Lipinski definition) is 4. The van der Waals surface area contributed by atoms with Crippen LogP contribution in [-0.2, 0) is 32.3 Å². The maximum atomic E-state index is 13.2. The molecule has 0 bridgehead atoms. The Morgan fingerprint density at radius 2 is 1.11 bits per heavy atom. The summed E-state index contributed by atoms with van der Waals surface area (Å²) in [6.45, 7) is 7.97. The van der Waals surface area contributed by atoms with Crippen molar-refractivity contribution in [3.05, 3.63) is 84.0 Å². The van der Waals surface area contributed by atoms with Gasteiger partial charge in [-0.15, -0.1) is 13.2 Å². The van der Waals surface area contributed by atoms with E-state index in [1.54, 1.807) is 0 Å². The highest BCUT2D eigenvalue weighted by molar-refractivity contribution is 6.06. The second-order valence-corrected chi connectivity index (χ2v) is 11.0. The third-order valence-electron chi connectivity index (χ3n) is 8.60. The van der Waals surface area contributed by atoms with Crippen LogP contribution >= 0.6 is 0 Å². The summed E-state index contributed by atoms with van der Waals surface area (Å²) >= 11 is 0. The lowest BCUT2D eigenvalue weighted by atomic mass is 9.80. The average Bonchev–Trinajstić information content (AvgIpc) is 3.30. The number of carbonyl (C=O) groups is 4. The summed E-state index contributed by atoms with van der Waals surface area (Å²) in [7, 11) is 0. The van der Waals surface area contributed by atoms with Crippen LogP contribution in [0.15, 0.2) is 72.9 Å². The Morgan fingerprint density at radius 3 is 1.53 bits per heavy atom. The molecule has 198 valence electrons. The number of likely N-dealkylation sites (tertiary alicyclic amines) is 2. The summed E-state index contributed by atoms with van der Waals surface area (Å²) in [6.07, 6.45) is 14.0. The lowest BCUT2D eigenvalue weighted by Crippen LogP contribution is -2.31. The Kier molecular flexibility index (Phi) is 7.59. The first-order valence-corrected chi connectivity index (χ1v) is 13.8. The minimum absolute atomic E-state index is 0.0941. The molecule has 1 aromatic rings. The van der Waals surface area contributed by atoms with Crippen LogP contribution in [0.4, 0.5) is 0 Å². The highest BCUT2D eigenvalue weighted by atomic mass is 16.2. The number of hydrogen-bond donors (Lipinski definition) is 0. The van der Waals surface area contributed by atoms with Crippen molar-refractivity contribution >= 4 is 23.6 Å². The number of fused-ring (bicyclic) bond motifs is 2. The van der Waals surface area contributed by atoms with E-state index in [1.165, 1.54) is 20.9 Å². The maximum absolute atomic E-state index is 13.2. The van der Waals surface area contributed by atoms with E-state index < -0.39 is 0 Å². The molecule has 2 aliphatic carbocycles. The molecule has 1 aromatic carbocycles. The van der Waals surface area contributed by atoms with Gasteiger partial charge in [0.25, 0.3) is 0 Å². The first-order valence-electron chi connectivity index (χ1n) is 13.8. The van der Waals surface area contributed by atoms with Crippen molar-refractivity contribution in [1.82, 2.24) is 9.80 Å². The lowest BCUT2D eigenvalue weighted by Gasteiger charge is -2.21. The van der Waals surface area contributed by atoms with Gasteiger partial charge in [-0.2, -0.15) is 0 Å². The number of allylic oxidation sites excluding steroid dienone is 6. The summed E-state index contributed by atoms with van der Waals surface area (Å²) in [6, 6.07) is 7.56. The van der Waals surface area contributed by atoms with Crippen LogP contribution in [0.5, 0.6) is 0 Å². The molecular weight excluding hydrogens is 476 g/mol. The third-order valence-corrected chi connectivity index (χ3v) is 8.60. The number of amides is 4. The van der Waals surface area contributed by atoms with Crippen LogP contribution in [-0.4, -0.2) is 33.4 Å². The molecule has 4 atom stereocenters. The van der Waals surface area contributed by atoms with Crippen molar-refractivity contribution < 1.29 is 19.2 Å². The normalized spacial score (nSPS) is 26.7. The van der Waals surface area contributed by atoms with Crippen LogP contribution in [0, 0.1) is 23.7 Å². The Bertz CT molecular complexity index is 1150. The van der Waals surface area contributed by atoms with E-state index in [4.69, 9.17) is 0 Å². The first kappa shape index (κ1) is 26.1. The summed E-state index contributed by atoms with van der Waals surface area (Å²) in [5.41, 5.74) is 4.12. The van der Waals surface area contributed by atoms with E-state index in [-0.39, 0.29) is 60.4 Å². The molecule has 6 nitrogen and oxygen atoms in total. The second kappa shape index (κ2) is 11.1. The quantitative estimate of drug-likeness (QED) is 0.317. The number of nitrogens with zero attached hydrogens (tertiary/aromatic N) is 2. The molecule has 2 heterocycles. The molecule has 0 spiro atoms. The second-order valence-electron chi connectivity index (χ2n) is 11.0. The molecule has 0 saturated carbocycles. The SMILES string of the molecule is C=CCCC1=CCC2C(=O)N(Cc3cccc(CN4C(=O)C5CC=C(CCC=C)CC5C4=O)c3)C(=O)C2C1. The smallest absolute Gasteiger partial charge is 0.233 e. The maximum Gasteiger partial charge on any atom is 0.233 e. The highest BCUT2D eigenvalue weighted by Gasteiger charge is 2.49. The van der Waals surface area contributed by atoms with Gasteiger partial charge in [0.2, 0.25) is 23.6 Å². The summed E-state index contributed by atoms with van der Waals surface area (Å²) in [5.74, 6) is -1.48. The summed E-state index contributed by atoms with van der Waals surface area (Å²) < 4.78 is 0. The van der Waals surface area contributed by atoms with Gasteiger partial charge in [0.05, 0.1) is 36.8 Å². The third kappa shape index (κ3) is 4.96. The van der Waals surface area contributed by atoms with E-state index in [0.717, 1.165) is 36.8 Å². The van der Waals surface area contributed by atoms with Crippen molar-refractivity contribution in [1.29, 1.82) is 0 Å². The Labute approximate surface area is 224 Å². The molecule has 2 saturated heterocycles. The van der Waals surface area contributed by atoms with Crippen molar-refractivity contribution in [3.8, 4) is 0 Å². The molecule has 0 aromatic heterocycles. The minimum atomic E-state index is -0.274. The molecule has 4 aliphatic rings. The molecule has 4 unspecified atom stereocenters. The standard InChI is InChI=1S/C32H36N2O4/c1-3-5-8-21-12-14-25-27(17-21)31(37)33(29(25)35)19-23-10-7-11-24(16-23)20-34-30(36)26-15-13-22(9-6-4-2)18-28(26)32(34)38/h3-4,7,10-13,16,25-28H,1-2,5-6,8-9,14-15,17-20H2. The molecule has 0 radical (unpaired) electrons. The van der Waals surface area contributed by atoms with Gasteiger partial charge in [-0.1, -0.05) is 59.7 Å². The van der Waals surface area contributed by atoms with Crippen LogP contribution in [0.3, 0.4) is 0 Å². The largest absolute Gasteiger partial charge is 0.278 e. The van der Waals surface area contributed by atoms with E-state index >= 15 is 0 Å². The van der Waals surface area contributed by atoms with Gasteiger partial charge in [-0.05, 0) is 62.5 Å². The van der Waals surface area contributed by atoms with E-state index in [0.29, 0.717) is 25.7 Å². The fourth-order valence-electron chi connectivity index (χ4n) is 6.50. The fourth-order valence-corrected chi connectivity index (χ4v) is 6.50. The van der Waals surface area contributed by atoms with Gasteiger partial charge < -0.3 is 0 Å². The molecule has 6 heteroatoms. The molecule has 38 heavy (non-hydrogen) atoms. The molecule has 4 amide bonds. The molecule has 0 N–H and O–H groups in total. The fraction of sp³-hybridized carbons (Fsp3) is 0.438. The minimum Gasteiger partial charge on any atom is -0.278 e. The van der Waals surface area contributed by atoms with Gasteiger partial charge in [0, 0.05) is 0 Å². The number of carbonyl (C=O) groups excluding carboxylic acids is 4. The van der Waals surface area contributed by atoms with Crippen molar-refractivity contribution in [2.45, 2.75) is 64.5 Å². The van der Waals surface area contributed by atoms with Gasteiger partial charge in [0.15, 0.2) is 0 Å². The van der Waals surface area contributed by atoms with Crippen molar-refractivity contribution in [3.63, 3.8) is 0 Å². The number of imide groups is 2. The van der Waals surface area contributed by atoms with Crippen LogP contribution < -0.4 is 0 Å². The first-order chi connectivity index (χ1) is 18.4. The predicted octanol–water partition coefficient (Wildman–Crippen LogP) is 5.26. The summed E-state index contributed by atoms with van der Waals surface area (Å²) in [4.78, 5) is 55.4. The Morgan fingerprint density at radius 1 is 0.684 bits per heavy atom. The zero-order valence-corrected chi connectivity index (χ0v) is 21.9. The number of benzene rings is 1. The predicted molar refractivity (Wildman–Crippen MR) is 145 cm³/mol. The Balaban J connectivity index is 1.24. The molecular formula is C32H36N2O4. The Hall–Kier alpha value is -3.54.